The molecule has 0 aliphatic carbocycles. The molecular formula is C9H18N4O2S. The normalized spacial score (nSPS) is 13.0. The van der Waals surface area contributed by atoms with Gasteiger partial charge in [0.05, 0.1) is 6.33 Å². The smallest absolute Gasteiger partial charge is 0.260 e. The van der Waals surface area contributed by atoms with Gasteiger partial charge in [-0.3, -0.25) is 0 Å². The van der Waals surface area contributed by atoms with E-state index < -0.39 is 15.6 Å². The maximum Gasteiger partial charge on any atom is 0.260 e. The van der Waals surface area contributed by atoms with Crippen LogP contribution in [0.2, 0.25) is 0 Å². The maximum absolute atomic E-state index is 11.9. The van der Waals surface area contributed by atoms with Crippen LogP contribution >= 0.6 is 0 Å². The maximum atomic E-state index is 11.9. The minimum absolute atomic E-state index is 0.0240. The van der Waals surface area contributed by atoms with Gasteiger partial charge in [-0.15, -0.1) is 0 Å². The first-order valence-electron chi connectivity index (χ1n) is 5.06. The third-order valence-corrected chi connectivity index (χ3v) is 3.75. The Hall–Kier alpha value is -0.920. The third-order valence-electron chi connectivity index (χ3n) is 2.17. The number of aryl methyl sites for hydroxylation is 1. The van der Waals surface area contributed by atoms with Crippen molar-refractivity contribution < 1.29 is 8.42 Å². The fraction of sp³-hybridized carbons (Fsp3) is 0.667. The summed E-state index contributed by atoms with van der Waals surface area (Å²) >= 11 is 0. The number of nitrogens with two attached hydrogens (primary N) is 1. The van der Waals surface area contributed by atoms with Gasteiger partial charge in [-0.05, 0) is 20.8 Å². The summed E-state index contributed by atoms with van der Waals surface area (Å²) < 4.78 is 28.0. The number of hydrogen-bond donors (Lipinski definition) is 2. The summed E-state index contributed by atoms with van der Waals surface area (Å²) in [5.74, 6) is 0. The Kier molecular flexibility index (Phi) is 3.72. The number of nitrogens with one attached hydrogen (secondary N) is 1. The fourth-order valence-electron chi connectivity index (χ4n) is 1.11. The minimum Gasteiger partial charge on any atom is -0.336 e. The predicted molar refractivity (Wildman–Crippen MR) is 61.4 cm³/mol. The van der Waals surface area contributed by atoms with Crippen molar-refractivity contribution in [3.05, 3.63) is 12.5 Å². The molecule has 0 unspecified atom stereocenters. The largest absolute Gasteiger partial charge is 0.336 e. The van der Waals surface area contributed by atoms with Crippen molar-refractivity contribution in [2.24, 2.45) is 5.73 Å². The topological polar surface area (TPSA) is 90.0 Å². The highest BCUT2D eigenvalue weighted by atomic mass is 32.2. The molecule has 0 aromatic carbocycles. The van der Waals surface area contributed by atoms with Gasteiger partial charge in [0.15, 0.2) is 5.03 Å². The molecule has 0 saturated carbocycles. The van der Waals surface area contributed by atoms with Crippen LogP contribution in [-0.4, -0.2) is 30.1 Å². The molecular weight excluding hydrogens is 228 g/mol. The van der Waals surface area contributed by atoms with E-state index in [0.717, 1.165) is 0 Å². The van der Waals surface area contributed by atoms with Gasteiger partial charge in [0.25, 0.3) is 10.0 Å². The van der Waals surface area contributed by atoms with Crippen molar-refractivity contribution in [2.75, 3.05) is 6.54 Å². The highest BCUT2D eigenvalue weighted by Crippen LogP contribution is 2.10. The Bertz CT molecular complexity index is 450. The van der Waals surface area contributed by atoms with Gasteiger partial charge in [-0.25, -0.2) is 18.1 Å². The molecule has 1 aromatic heterocycles. The van der Waals surface area contributed by atoms with Crippen LogP contribution in [0.3, 0.4) is 0 Å². The molecule has 0 spiro atoms. The summed E-state index contributed by atoms with van der Waals surface area (Å²) in [5.41, 5.74) is 4.80. The van der Waals surface area contributed by atoms with Crippen LogP contribution in [0.4, 0.5) is 0 Å². The van der Waals surface area contributed by atoms with Crippen molar-refractivity contribution in [2.45, 2.75) is 37.9 Å². The highest BCUT2D eigenvalue weighted by molar-refractivity contribution is 7.89. The fourth-order valence-corrected chi connectivity index (χ4v) is 2.48. The minimum atomic E-state index is -3.58. The molecule has 0 aliphatic heterocycles. The third kappa shape index (κ3) is 3.03. The summed E-state index contributed by atoms with van der Waals surface area (Å²) in [6, 6.07) is 0. The lowest BCUT2D eigenvalue weighted by Gasteiger charge is -2.22. The monoisotopic (exact) mass is 246 g/mol. The van der Waals surface area contributed by atoms with Crippen molar-refractivity contribution >= 4 is 10.0 Å². The van der Waals surface area contributed by atoms with Crippen LogP contribution in [-0.2, 0) is 16.6 Å². The SMILES string of the molecule is CCn1cnc(S(=O)(=O)NC(C)(C)CN)c1. The zero-order valence-electron chi connectivity index (χ0n) is 9.77. The number of hydrogen-bond acceptors (Lipinski definition) is 4. The molecule has 1 aromatic rings. The summed E-state index contributed by atoms with van der Waals surface area (Å²) in [6.45, 7) is 6.27. The van der Waals surface area contributed by atoms with Gasteiger partial charge >= 0.3 is 0 Å². The highest BCUT2D eigenvalue weighted by Gasteiger charge is 2.26. The molecule has 0 fully saturated rings. The van der Waals surface area contributed by atoms with Crippen LogP contribution in [0, 0.1) is 0 Å². The molecule has 1 rings (SSSR count). The van der Waals surface area contributed by atoms with Crippen LogP contribution in [0.15, 0.2) is 17.6 Å². The standard InChI is InChI=1S/C9H18N4O2S/c1-4-13-5-8(11-7-13)16(14,15)12-9(2,3)6-10/h5,7,12H,4,6,10H2,1-3H3. The van der Waals surface area contributed by atoms with Crippen LogP contribution < -0.4 is 10.5 Å². The van der Waals surface area contributed by atoms with Gasteiger partial charge in [0, 0.05) is 24.8 Å². The predicted octanol–water partition coefficient (Wildman–Crippen LogP) is -0.0814. The number of imidazole rings is 1. The van der Waals surface area contributed by atoms with E-state index in [9.17, 15) is 8.42 Å². The van der Waals surface area contributed by atoms with Gasteiger partial charge in [-0.2, -0.15) is 0 Å². The van der Waals surface area contributed by atoms with E-state index >= 15 is 0 Å². The second-order valence-electron chi connectivity index (χ2n) is 4.24. The van der Waals surface area contributed by atoms with Gasteiger partial charge < -0.3 is 10.3 Å². The Morgan fingerprint density at radius 3 is 2.62 bits per heavy atom. The van der Waals surface area contributed by atoms with Crippen molar-refractivity contribution in [1.29, 1.82) is 0 Å². The van der Waals surface area contributed by atoms with Crippen LogP contribution in [0.5, 0.6) is 0 Å². The van der Waals surface area contributed by atoms with Gasteiger partial charge in [0.1, 0.15) is 0 Å². The van der Waals surface area contributed by atoms with Crippen LogP contribution in [0.1, 0.15) is 20.8 Å². The first-order valence-corrected chi connectivity index (χ1v) is 6.55. The van der Waals surface area contributed by atoms with E-state index in [1.165, 1.54) is 12.5 Å². The molecule has 92 valence electrons. The summed E-state index contributed by atoms with van der Waals surface area (Å²) in [7, 11) is -3.58. The molecule has 3 N–H and O–H groups in total. The molecule has 6 nitrogen and oxygen atoms in total. The van der Waals surface area contributed by atoms with Gasteiger partial charge in [0.2, 0.25) is 0 Å². The van der Waals surface area contributed by atoms with Crippen molar-refractivity contribution in [3.63, 3.8) is 0 Å². The first kappa shape index (κ1) is 13.1. The van der Waals surface area contributed by atoms with Gasteiger partial charge in [-0.1, -0.05) is 0 Å². The molecule has 16 heavy (non-hydrogen) atoms. The second kappa shape index (κ2) is 4.52. The number of sulfonamides is 1. The van der Waals surface area contributed by atoms with E-state index in [0.29, 0.717) is 6.54 Å². The Morgan fingerprint density at radius 1 is 1.56 bits per heavy atom. The Morgan fingerprint density at radius 2 is 2.19 bits per heavy atom. The average molecular weight is 246 g/mol. The van der Waals surface area contributed by atoms with E-state index in [2.05, 4.69) is 9.71 Å². The molecule has 0 amide bonds. The van der Waals surface area contributed by atoms with Crippen molar-refractivity contribution in [1.82, 2.24) is 14.3 Å². The van der Waals surface area contributed by atoms with E-state index in [-0.39, 0.29) is 11.6 Å². The Balaban J connectivity index is 2.94. The van der Waals surface area contributed by atoms with E-state index in [4.69, 9.17) is 5.73 Å². The van der Waals surface area contributed by atoms with E-state index in [1.54, 1.807) is 18.4 Å². The summed E-state index contributed by atoms with van der Waals surface area (Å²) in [5, 5.41) is 0.0240. The van der Waals surface area contributed by atoms with E-state index in [1.807, 2.05) is 6.92 Å². The van der Waals surface area contributed by atoms with Crippen molar-refractivity contribution in [3.8, 4) is 0 Å². The average Bonchev–Trinajstić information content (AvgIpc) is 2.65. The zero-order chi connectivity index (χ0) is 12.4. The quantitative estimate of drug-likeness (QED) is 0.760. The lowest BCUT2D eigenvalue weighted by Crippen LogP contribution is -2.48. The molecule has 1 heterocycles. The molecule has 7 heteroatoms. The lowest BCUT2D eigenvalue weighted by atomic mass is 10.1. The molecule has 0 radical (unpaired) electrons. The number of rotatable bonds is 5. The first-order chi connectivity index (χ1) is 7.30. The molecule has 0 bridgehead atoms. The summed E-state index contributed by atoms with van der Waals surface area (Å²) in [6.07, 6.45) is 2.99. The lowest BCUT2D eigenvalue weighted by molar-refractivity contribution is 0.461. The summed E-state index contributed by atoms with van der Waals surface area (Å²) in [4.78, 5) is 3.85. The number of aromatic nitrogens is 2. The second-order valence-corrected chi connectivity index (χ2v) is 5.87. The van der Waals surface area contributed by atoms with Crippen LogP contribution in [0.25, 0.3) is 0 Å². The number of nitrogens with zero attached hydrogens (tertiary/aromatic N) is 2. The zero-order valence-corrected chi connectivity index (χ0v) is 10.6. The Labute approximate surface area is 95.9 Å². The molecule has 0 saturated heterocycles. The molecule has 0 atom stereocenters. The molecule has 0 aliphatic rings.